The molecule has 0 fully saturated rings. The molecule has 0 bridgehead atoms. The molecule has 0 aliphatic heterocycles. The standard InChI is InChI=1S/C36H45N4O5P/c1-39-27-33(26-37-39)46(31-16-10-8-11-17-31,32-18-12-9-13-19-32)25-15-7-5-3-2-4-6-14-20-35(42)38-34(28-41)36(43)29-21-23-30(24-22-29)40(44)45/h8-13,16-19,21-24,26-27,34,36,41,43H,2-7,14-15,20,25,28H2,1H3/p+1/t34-,36-/m1/s1. The predicted molar refractivity (Wildman–Crippen MR) is 185 cm³/mol. The zero-order valence-corrected chi connectivity index (χ0v) is 27.5. The van der Waals surface area contributed by atoms with Gasteiger partial charge in [0.15, 0.2) is 0 Å². The fourth-order valence-corrected chi connectivity index (χ4v) is 10.4. The van der Waals surface area contributed by atoms with Gasteiger partial charge in [-0.15, -0.1) is 0 Å². The summed E-state index contributed by atoms with van der Waals surface area (Å²) in [7, 11) is 0.156. The number of amides is 1. The molecule has 1 aromatic heterocycles. The highest BCUT2D eigenvalue weighted by Crippen LogP contribution is 2.56. The van der Waals surface area contributed by atoms with Crippen LogP contribution in [-0.4, -0.2) is 49.6 Å². The first kappa shape index (κ1) is 35.0. The molecule has 0 saturated carbocycles. The molecule has 0 unspecified atom stereocenters. The molecule has 9 nitrogen and oxygen atoms in total. The number of hydrogen-bond acceptors (Lipinski definition) is 6. The highest BCUT2D eigenvalue weighted by molar-refractivity contribution is 7.95. The summed E-state index contributed by atoms with van der Waals surface area (Å²) in [5, 5.41) is 42.5. The van der Waals surface area contributed by atoms with E-state index in [1.807, 2.05) is 11.7 Å². The van der Waals surface area contributed by atoms with Crippen LogP contribution in [0.4, 0.5) is 5.69 Å². The molecular formula is C36H46N4O5P+. The Morgan fingerprint density at radius 3 is 1.89 bits per heavy atom. The molecule has 3 aromatic carbocycles. The van der Waals surface area contributed by atoms with E-state index in [0.29, 0.717) is 12.0 Å². The number of non-ortho nitro benzene ring substituents is 1. The lowest BCUT2D eigenvalue weighted by molar-refractivity contribution is -0.384. The predicted octanol–water partition coefficient (Wildman–Crippen LogP) is 5.34. The highest BCUT2D eigenvalue weighted by atomic mass is 31.2. The number of nitrogens with one attached hydrogen (secondary N) is 1. The first-order chi connectivity index (χ1) is 22.3. The highest BCUT2D eigenvalue weighted by Gasteiger charge is 2.45. The Balaban J connectivity index is 1.18. The van der Waals surface area contributed by atoms with E-state index in [0.717, 1.165) is 44.7 Å². The number of hydrogen-bond donors (Lipinski definition) is 3. The maximum Gasteiger partial charge on any atom is 0.269 e. The molecular weight excluding hydrogens is 599 g/mol. The number of aliphatic hydroxyl groups is 2. The molecule has 4 rings (SSSR count). The quantitative estimate of drug-likeness (QED) is 0.0546. The van der Waals surface area contributed by atoms with E-state index in [4.69, 9.17) is 0 Å². The number of aliphatic hydroxyl groups excluding tert-OH is 2. The number of nitrogens with zero attached hydrogens (tertiary/aromatic N) is 3. The van der Waals surface area contributed by atoms with Crippen molar-refractivity contribution in [3.05, 3.63) is 113 Å². The largest absolute Gasteiger partial charge is 0.394 e. The van der Waals surface area contributed by atoms with Crippen molar-refractivity contribution in [1.82, 2.24) is 15.1 Å². The summed E-state index contributed by atoms with van der Waals surface area (Å²) in [6.07, 6.45) is 13.0. The minimum Gasteiger partial charge on any atom is -0.394 e. The average molecular weight is 646 g/mol. The monoisotopic (exact) mass is 645 g/mol. The maximum absolute atomic E-state index is 12.5. The van der Waals surface area contributed by atoms with Gasteiger partial charge in [-0.2, -0.15) is 5.10 Å². The summed E-state index contributed by atoms with van der Waals surface area (Å²) in [5.74, 6) is -0.225. The van der Waals surface area contributed by atoms with Crippen LogP contribution in [0.1, 0.15) is 69.5 Å². The van der Waals surface area contributed by atoms with Gasteiger partial charge in [-0.05, 0) is 61.2 Å². The molecule has 10 heteroatoms. The van der Waals surface area contributed by atoms with Crippen molar-refractivity contribution in [2.24, 2.45) is 7.05 Å². The van der Waals surface area contributed by atoms with Crippen LogP contribution in [0.2, 0.25) is 0 Å². The summed E-state index contributed by atoms with van der Waals surface area (Å²) in [6, 6.07) is 26.4. The number of carbonyl (C=O) groups excluding carboxylic acids is 1. The van der Waals surface area contributed by atoms with E-state index in [1.165, 1.54) is 53.0 Å². The van der Waals surface area contributed by atoms with Crippen LogP contribution in [0.15, 0.2) is 97.3 Å². The van der Waals surface area contributed by atoms with Gasteiger partial charge >= 0.3 is 0 Å². The summed E-state index contributed by atoms with van der Waals surface area (Å²) in [4.78, 5) is 22.8. The van der Waals surface area contributed by atoms with Gasteiger partial charge in [0.05, 0.1) is 36.1 Å². The number of nitro groups is 1. The Morgan fingerprint density at radius 2 is 1.39 bits per heavy atom. The first-order valence-corrected chi connectivity index (χ1v) is 18.1. The van der Waals surface area contributed by atoms with Crippen LogP contribution in [0, 0.1) is 10.1 Å². The maximum atomic E-state index is 12.5. The number of unbranched alkanes of at least 4 members (excludes halogenated alkanes) is 7. The second-order valence-corrected chi connectivity index (χ2v) is 15.4. The molecule has 2 atom stereocenters. The SMILES string of the molecule is Cn1cc([P+](CCCCCCCCCCC(=O)N[C@H](CO)[C@H](O)c2ccc([N+](=O)[O-])cc2)(c2ccccc2)c2ccccc2)cn1. The van der Waals surface area contributed by atoms with E-state index in [1.54, 1.807) is 0 Å². The fourth-order valence-electron chi connectivity index (χ4n) is 6.03. The fraction of sp³-hybridized carbons (Fsp3) is 0.389. The van der Waals surface area contributed by atoms with Gasteiger partial charge in [0, 0.05) is 25.6 Å². The average Bonchev–Trinajstić information content (AvgIpc) is 3.53. The van der Waals surface area contributed by atoms with Crippen LogP contribution in [0.3, 0.4) is 0 Å². The number of nitro benzene ring substituents is 1. The van der Waals surface area contributed by atoms with Crippen molar-refractivity contribution in [3.63, 3.8) is 0 Å². The Hall–Kier alpha value is -3.91. The van der Waals surface area contributed by atoms with Gasteiger partial charge < -0.3 is 15.5 Å². The first-order valence-electron chi connectivity index (χ1n) is 16.2. The van der Waals surface area contributed by atoms with E-state index in [2.05, 4.69) is 83.5 Å². The van der Waals surface area contributed by atoms with E-state index < -0.39 is 30.9 Å². The second-order valence-electron chi connectivity index (χ2n) is 11.8. The lowest BCUT2D eigenvalue weighted by Gasteiger charge is -2.26. The molecule has 46 heavy (non-hydrogen) atoms. The van der Waals surface area contributed by atoms with Crippen LogP contribution in [0.25, 0.3) is 0 Å². The normalized spacial score (nSPS) is 12.8. The van der Waals surface area contributed by atoms with Crippen molar-refractivity contribution in [2.75, 3.05) is 12.8 Å². The molecule has 0 radical (unpaired) electrons. The van der Waals surface area contributed by atoms with Crippen molar-refractivity contribution in [3.8, 4) is 0 Å². The van der Waals surface area contributed by atoms with E-state index in [-0.39, 0.29) is 11.6 Å². The minimum absolute atomic E-state index is 0.0872. The molecule has 3 N–H and O–H groups in total. The molecule has 1 amide bonds. The van der Waals surface area contributed by atoms with Crippen LogP contribution >= 0.6 is 7.26 Å². The number of aromatic nitrogens is 2. The van der Waals surface area contributed by atoms with Gasteiger partial charge in [-0.1, -0.05) is 68.5 Å². The van der Waals surface area contributed by atoms with Gasteiger partial charge in [0.1, 0.15) is 29.3 Å². The number of benzene rings is 3. The number of carbonyl (C=O) groups is 1. The van der Waals surface area contributed by atoms with Crippen molar-refractivity contribution in [1.29, 1.82) is 0 Å². The Kier molecular flexibility index (Phi) is 13.4. The van der Waals surface area contributed by atoms with Crippen LogP contribution in [0.5, 0.6) is 0 Å². The molecule has 4 aromatic rings. The number of rotatable bonds is 19. The Morgan fingerprint density at radius 1 is 0.848 bits per heavy atom. The molecule has 0 saturated heterocycles. The minimum atomic E-state index is -1.83. The molecule has 0 aliphatic rings. The zero-order chi connectivity index (χ0) is 32.8. The Bertz CT molecular complexity index is 1460. The van der Waals surface area contributed by atoms with Crippen molar-refractivity contribution >= 4 is 34.8 Å². The lowest BCUT2D eigenvalue weighted by Crippen LogP contribution is -2.41. The molecule has 1 heterocycles. The van der Waals surface area contributed by atoms with E-state index >= 15 is 0 Å². The van der Waals surface area contributed by atoms with Gasteiger partial charge in [0.25, 0.3) is 5.69 Å². The Labute approximate surface area is 272 Å². The van der Waals surface area contributed by atoms with Gasteiger partial charge in [0.2, 0.25) is 5.91 Å². The summed E-state index contributed by atoms with van der Waals surface area (Å²) < 4.78 is 1.91. The zero-order valence-electron chi connectivity index (χ0n) is 26.6. The number of aryl methyl sites for hydroxylation is 1. The van der Waals surface area contributed by atoms with Gasteiger partial charge in [-0.3, -0.25) is 19.6 Å². The topological polar surface area (TPSA) is 131 Å². The van der Waals surface area contributed by atoms with Gasteiger partial charge in [-0.25, -0.2) is 0 Å². The summed E-state index contributed by atoms with van der Waals surface area (Å²) >= 11 is 0. The molecule has 0 spiro atoms. The van der Waals surface area contributed by atoms with Crippen molar-refractivity contribution in [2.45, 2.75) is 69.9 Å². The van der Waals surface area contributed by atoms with Crippen LogP contribution < -0.4 is 21.2 Å². The molecule has 0 aliphatic carbocycles. The second kappa shape index (κ2) is 17.7. The molecule has 244 valence electrons. The summed E-state index contributed by atoms with van der Waals surface area (Å²) in [6.45, 7) is -0.439. The smallest absolute Gasteiger partial charge is 0.269 e. The third kappa shape index (κ3) is 9.32. The van der Waals surface area contributed by atoms with Crippen molar-refractivity contribution < 1.29 is 19.9 Å². The lowest BCUT2D eigenvalue weighted by atomic mass is 10.0. The third-order valence-electron chi connectivity index (χ3n) is 8.54. The third-order valence-corrected chi connectivity index (χ3v) is 13.0. The van der Waals surface area contributed by atoms with Crippen LogP contribution in [-0.2, 0) is 11.8 Å². The van der Waals surface area contributed by atoms with E-state index in [9.17, 15) is 25.1 Å². The summed E-state index contributed by atoms with van der Waals surface area (Å²) in [5.41, 5.74) is 0.311.